The van der Waals surface area contributed by atoms with Crippen LogP contribution in [0.1, 0.15) is 13.8 Å². The van der Waals surface area contributed by atoms with E-state index in [9.17, 15) is 0 Å². The van der Waals surface area contributed by atoms with E-state index in [4.69, 9.17) is 4.74 Å². The predicted molar refractivity (Wildman–Crippen MR) is 107 cm³/mol. The van der Waals surface area contributed by atoms with Crippen molar-refractivity contribution in [2.45, 2.75) is 20.0 Å². The van der Waals surface area contributed by atoms with Crippen LogP contribution in [0.15, 0.2) is 72.9 Å². The highest BCUT2D eigenvalue weighted by atomic mass is 16.5. The zero-order valence-electron chi connectivity index (χ0n) is 15.3. The first-order valence-electron chi connectivity index (χ1n) is 8.91. The minimum Gasteiger partial charge on any atom is -0.490 e. The van der Waals surface area contributed by atoms with E-state index in [0.717, 1.165) is 28.1 Å². The first kappa shape index (κ1) is 16.4. The topological polar surface area (TPSA) is 27.1 Å². The molecule has 0 unspecified atom stereocenters. The van der Waals surface area contributed by atoms with Gasteiger partial charge in [0.25, 0.3) is 0 Å². The molecule has 4 aromatic rings. The molecular formula is C23H22N2O. The Morgan fingerprint density at radius 2 is 1.62 bits per heavy atom. The first-order chi connectivity index (χ1) is 12.6. The van der Waals surface area contributed by atoms with Crippen LogP contribution in [-0.4, -0.2) is 15.9 Å². The normalized spacial score (nSPS) is 11.2. The van der Waals surface area contributed by atoms with Crippen LogP contribution in [-0.2, 0) is 7.05 Å². The van der Waals surface area contributed by atoms with Crippen molar-refractivity contribution in [2.24, 2.45) is 7.05 Å². The van der Waals surface area contributed by atoms with Crippen LogP contribution in [0.4, 0.5) is 0 Å². The van der Waals surface area contributed by atoms with Crippen LogP contribution >= 0.6 is 0 Å². The summed E-state index contributed by atoms with van der Waals surface area (Å²) in [5.74, 6) is 0.888. The van der Waals surface area contributed by atoms with Gasteiger partial charge in [0.1, 0.15) is 5.75 Å². The lowest BCUT2D eigenvalue weighted by Crippen LogP contribution is -2.07. The zero-order chi connectivity index (χ0) is 18.1. The molecule has 0 saturated carbocycles. The summed E-state index contributed by atoms with van der Waals surface area (Å²) < 4.78 is 8.12. The molecule has 0 bridgehead atoms. The number of ether oxygens (including phenoxy) is 1. The molecule has 0 spiro atoms. The molecule has 0 atom stereocenters. The minimum absolute atomic E-state index is 0.100. The van der Waals surface area contributed by atoms with Crippen molar-refractivity contribution < 1.29 is 4.74 Å². The Balaban J connectivity index is 2.04. The largest absolute Gasteiger partial charge is 0.490 e. The second-order valence-corrected chi connectivity index (χ2v) is 6.72. The van der Waals surface area contributed by atoms with Crippen molar-refractivity contribution in [3.05, 3.63) is 72.9 Å². The molecule has 0 aliphatic carbocycles. The van der Waals surface area contributed by atoms with E-state index < -0.39 is 0 Å². The molecule has 1 heterocycles. The van der Waals surface area contributed by atoms with Crippen LogP contribution in [0.5, 0.6) is 5.75 Å². The summed E-state index contributed by atoms with van der Waals surface area (Å²) in [6, 6.07) is 23.0. The van der Waals surface area contributed by atoms with Gasteiger partial charge in [-0.3, -0.25) is 4.68 Å². The van der Waals surface area contributed by atoms with E-state index in [1.807, 2.05) is 24.0 Å². The maximum atomic E-state index is 6.18. The number of fused-ring (bicyclic) bond motifs is 1. The molecule has 3 nitrogen and oxygen atoms in total. The number of hydrogen-bond donors (Lipinski definition) is 0. The Labute approximate surface area is 153 Å². The minimum atomic E-state index is 0.100. The molecular weight excluding hydrogens is 320 g/mol. The van der Waals surface area contributed by atoms with Gasteiger partial charge in [0.05, 0.1) is 23.6 Å². The van der Waals surface area contributed by atoms with E-state index in [-0.39, 0.29) is 6.10 Å². The van der Waals surface area contributed by atoms with E-state index in [1.165, 1.54) is 10.8 Å². The van der Waals surface area contributed by atoms with Crippen molar-refractivity contribution in [2.75, 3.05) is 0 Å². The van der Waals surface area contributed by atoms with Crippen molar-refractivity contribution in [3.8, 4) is 28.1 Å². The maximum Gasteiger partial charge on any atom is 0.129 e. The third kappa shape index (κ3) is 2.86. The molecule has 3 aromatic carbocycles. The van der Waals surface area contributed by atoms with Gasteiger partial charge in [0.15, 0.2) is 0 Å². The van der Waals surface area contributed by atoms with Crippen molar-refractivity contribution in [3.63, 3.8) is 0 Å². The SMILES string of the molecule is CC(C)Oc1ccc2ccccc2c1-c1c(-c2ccccc2)cnn1C. The van der Waals surface area contributed by atoms with Gasteiger partial charge in [-0.15, -0.1) is 0 Å². The van der Waals surface area contributed by atoms with Gasteiger partial charge in [0, 0.05) is 12.6 Å². The van der Waals surface area contributed by atoms with Crippen molar-refractivity contribution in [1.29, 1.82) is 0 Å². The lowest BCUT2D eigenvalue weighted by Gasteiger charge is -2.18. The van der Waals surface area contributed by atoms with Crippen molar-refractivity contribution in [1.82, 2.24) is 9.78 Å². The fraction of sp³-hybridized carbons (Fsp3) is 0.174. The van der Waals surface area contributed by atoms with E-state index in [1.54, 1.807) is 0 Å². The molecule has 4 rings (SSSR count). The number of aryl methyl sites for hydroxylation is 1. The number of hydrogen-bond acceptors (Lipinski definition) is 2. The monoisotopic (exact) mass is 342 g/mol. The Hall–Kier alpha value is -3.07. The number of aromatic nitrogens is 2. The van der Waals surface area contributed by atoms with Crippen LogP contribution < -0.4 is 4.74 Å². The zero-order valence-corrected chi connectivity index (χ0v) is 15.3. The summed E-state index contributed by atoms with van der Waals surface area (Å²) in [7, 11) is 1.99. The summed E-state index contributed by atoms with van der Waals surface area (Å²) in [6.07, 6.45) is 2.04. The summed E-state index contributed by atoms with van der Waals surface area (Å²) in [4.78, 5) is 0. The van der Waals surface area contributed by atoms with Gasteiger partial charge < -0.3 is 4.74 Å². The molecule has 3 heteroatoms. The number of benzene rings is 3. The molecule has 0 fully saturated rings. The quantitative estimate of drug-likeness (QED) is 0.476. The fourth-order valence-electron chi connectivity index (χ4n) is 3.41. The average molecular weight is 342 g/mol. The first-order valence-corrected chi connectivity index (χ1v) is 8.91. The summed E-state index contributed by atoms with van der Waals surface area (Å²) >= 11 is 0. The highest BCUT2D eigenvalue weighted by Gasteiger charge is 2.20. The molecule has 130 valence electrons. The molecule has 0 aliphatic rings. The molecule has 1 aromatic heterocycles. The van der Waals surface area contributed by atoms with E-state index >= 15 is 0 Å². The third-order valence-corrected chi connectivity index (χ3v) is 4.51. The Bertz CT molecular complexity index is 1050. The molecule has 26 heavy (non-hydrogen) atoms. The Morgan fingerprint density at radius 1 is 0.885 bits per heavy atom. The summed E-state index contributed by atoms with van der Waals surface area (Å²) in [5, 5.41) is 6.92. The Kier molecular flexibility index (Phi) is 4.21. The second kappa shape index (κ2) is 6.68. The third-order valence-electron chi connectivity index (χ3n) is 4.51. The van der Waals surface area contributed by atoms with Gasteiger partial charge in [-0.25, -0.2) is 0 Å². The molecule has 0 radical (unpaired) electrons. The van der Waals surface area contributed by atoms with Crippen LogP contribution in [0.2, 0.25) is 0 Å². The Morgan fingerprint density at radius 3 is 2.38 bits per heavy atom. The lowest BCUT2D eigenvalue weighted by atomic mass is 9.96. The van der Waals surface area contributed by atoms with Gasteiger partial charge in [-0.1, -0.05) is 60.7 Å². The summed E-state index contributed by atoms with van der Waals surface area (Å²) in [6.45, 7) is 4.11. The van der Waals surface area contributed by atoms with E-state index in [2.05, 4.69) is 79.6 Å². The van der Waals surface area contributed by atoms with E-state index in [0.29, 0.717) is 0 Å². The molecule has 0 amide bonds. The number of rotatable bonds is 4. The van der Waals surface area contributed by atoms with Gasteiger partial charge in [-0.2, -0.15) is 5.10 Å². The predicted octanol–water partition coefficient (Wildman–Crippen LogP) is 5.69. The fourth-order valence-corrected chi connectivity index (χ4v) is 3.41. The van der Waals surface area contributed by atoms with Gasteiger partial charge in [-0.05, 0) is 36.2 Å². The second-order valence-electron chi connectivity index (χ2n) is 6.72. The molecule has 0 N–H and O–H groups in total. The number of nitrogens with zero attached hydrogens (tertiary/aromatic N) is 2. The highest BCUT2D eigenvalue weighted by molar-refractivity contribution is 6.02. The van der Waals surface area contributed by atoms with Crippen LogP contribution in [0.3, 0.4) is 0 Å². The van der Waals surface area contributed by atoms with Crippen molar-refractivity contribution >= 4 is 10.8 Å². The van der Waals surface area contributed by atoms with Crippen LogP contribution in [0, 0.1) is 0 Å². The van der Waals surface area contributed by atoms with Gasteiger partial charge in [0.2, 0.25) is 0 Å². The average Bonchev–Trinajstić information content (AvgIpc) is 3.03. The maximum absolute atomic E-state index is 6.18. The molecule has 0 saturated heterocycles. The lowest BCUT2D eigenvalue weighted by molar-refractivity contribution is 0.243. The standard InChI is InChI=1S/C23H22N2O/c1-16(2)26-21-14-13-18-11-7-8-12-19(18)22(21)23-20(15-24-25(23)3)17-9-5-4-6-10-17/h4-16H,1-3H3. The summed E-state index contributed by atoms with van der Waals surface area (Å²) in [5.41, 5.74) is 4.43. The smallest absolute Gasteiger partial charge is 0.129 e. The molecule has 0 aliphatic heterocycles. The van der Waals surface area contributed by atoms with Gasteiger partial charge >= 0.3 is 0 Å². The highest BCUT2D eigenvalue weighted by Crippen LogP contribution is 2.41. The van der Waals surface area contributed by atoms with Crippen LogP contribution in [0.25, 0.3) is 33.2 Å².